The lowest BCUT2D eigenvalue weighted by Crippen LogP contribution is -2.12. The average Bonchev–Trinajstić information content (AvgIpc) is 2.78. The van der Waals surface area contributed by atoms with Crippen molar-refractivity contribution >= 4 is 34.3 Å². The van der Waals surface area contributed by atoms with Gasteiger partial charge in [-0.3, -0.25) is 9.78 Å². The van der Waals surface area contributed by atoms with Gasteiger partial charge in [0.15, 0.2) is 5.58 Å². The first kappa shape index (κ1) is 12.4. The van der Waals surface area contributed by atoms with Crippen LogP contribution >= 0.6 is 11.6 Å². The molecule has 0 saturated heterocycles. The topological polar surface area (TPSA) is 88.0 Å². The molecule has 100 valence electrons. The van der Waals surface area contributed by atoms with Crippen molar-refractivity contribution in [3.05, 3.63) is 57.8 Å². The van der Waals surface area contributed by atoms with Crippen molar-refractivity contribution in [3.63, 3.8) is 0 Å². The molecule has 2 heterocycles. The summed E-state index contributed by atoms with van der Waals surface area (Å²) in [4.78, 5) is 29.4. The molecule has 7 heteroatoms. The highest BCUT2D eigenvalue weighted by atomic mass is 35.5. The fraction of sp³-hybridized carbons (Fsp3) is 0. The second-order valence-electron chi connectivity index (χ2n) is 4.02. The number of hydrogen-bond acceptors (Lipinski definition) is 4. The zero-order chi connectivity index (χ0) is 14.1. The maximum Gasteiger partial charge on any atom is 0.417 e. The van der Waals surface area contributed by atoms with E-state index in [4.69, 9.17) is 16.0 Å². The highest BCUT2D eigenvalue weighted by Crippen LogP contribution is 2.18. The molecule has 0 spiro atoms. The Bertz CT molecular complexity index is 853. The van der Waals surface area contributed by atoms with Crippen LogP contribution in [0.3, 0.4) is 0 Å². The average molecular weight is 290 g/mol. The van der Waals surface area contributed by atoms with E-state index in [9.17, 15) is 9.59 Å². The minimum absolute atomic E-state index is 0.128. The van der Waals surface area contributed by atoms with Gasteiger partial charge in [-0.05, 0) is 30.3 Å². The van der Waals surface area contributed by atoms with Gasteiger partial charge in [0.05, 0.1) is 11.1 Å². The van der Waals surface area contributed by atoms with Gasteiger partial charge in [0.1, 0.15) is 5.15 Å². The molecule has 0 unspecified atom stereocenters. The molecule has 0 fully saturated rings. The highest BCUT2D eigenvalue weighted by molar-refractivity contribution is 6.33. The predicted octanol–water partition coefficient (Wildman–Crippen LogP) is 2.42. The molecule has 0 aliphatic rings. The van der Waals surface area contributed by atoms with Crippen LogP contribution in [0.2, 0.25) is 5.15 Å². The van der Waals surface area contributed by atoms with Crippen LogP contribution in [-0.4, -0.2) is 15.9 Å². The van der Waals surface area contributed by atoms with E-state index in [1.807, 2.05) is 0 Å². The molecule has 3 aromatic rings. The molecule has 0 aliphatic heterocycles. The number of halogens is 1. The monoisotopic (exact) mass is 289 g/mol. The number of fused-ring (bicyclic) bond motifs is 1. The lowest BCUT2D eigenvalue weighted by molar-refractivity contribution is 0.102. The van der Waals surface area contributed by atoms with Crippen LogP contribution in [0.25, 0.3) is 11.1 Å². The summed E-state index contributed by atoms with van der Waals surface area (Å²) < 4.78 is 4.88. The van der Waals surface area contributed by atoms with E-state index in [0.29, 0.717) is 16.8 Å². The van der Waals surface area contributed by atoms with Crippen molar-refractivity contribution in [1.82, 2.24) is 9.97 Å². The van der Waals surface area contributed by atoms with Crippen LogP contribution in [0.15, 0.2) is 45.7 Å². The number of benzene rings is 1. The Morgan fingerprint density at radius 2 is 2.20 bits per heavy atom. The molecule has 2 N–H and O–H groups in total. The molecular formula is C13H8ClN3O3. The number of anilines is 1. The number of carbonyl (C=O) groups is 1. The minimum Gasteiger partial charge on any atom is -0.408 e. The lowest BCUT2D eigenvalue weighted by atomic mass is 10.2. The van der Waals surface area contributed by atoms with Gasteiger partial charge in [0.25, 0.3) is 5.91 Å². The summed E-state index contributed by atoms with van der Waals surface area (Å²) in [5.74, 6) is -0.924. The Morgan fingerprint density at radius 3 is 3.00 bits per heavy atom. The molecular weight excluding hydrogens is 282 g/mol. The van der Waals surface area contributed by atoms with E-state index in [1.54, 1.807) is 30.3 Å². The number of rotatable bonds is 2. The summed E-state index contributed by atoms with van der Waals surface area (Å²) in [5.41, 5.74) is 1.71. The number of nitrogens with one attached hydrogen (secondary N) is 2. The first-order valence-corrected chi connectivity index (χ1v) is 6.06. The van der Waals surface area contributed by atoms with Gasteiger partial charge >= 0.3 is 5.76 Å². The molecule has 0 aliphatic carbocycles. The zero-order valence-electron chi connectivity index (χ0n) is 10.0. The third-order valence-electron chi connectivity index (χ3n) is 2.68. The van der Waals surface area contributed by atoms with Crippen molar-refractivity contribution in [1.29, 1.82) is 0 Å². The van der Waals surface area contributed by atoms with Crippen LogP contribution in [0.1, 0.15) is 10.4 Å². The molecule has 0 atom stereocenters. The summed E-state index contributed by atoms with van der Waals surface area (Å²) >= 11 is 5.85. The van der Waals surface area contributed by atoms with E-state index >= 15 is 0 Å². The number of nitrogens with zero attached hydrogens (tertiary/aromatic N) is 1. The van der Waals surface area contributed by atoms with Crippen LogP contribution in [-0.2, 0) is 0 Å². The summed E-state index contributed by atoms with van der Waals surface area (Å²) in [7, 11) is 0. The van der Waals surface area contributed by atoms with Gasteiger partial charge in [-0.2, -0.15) is 0 Å². The summed E-state index contributed by atoms with van der Waals surface area (Å²) in [6.45, 7) is 0. The van der Waals surface area contributed by atoms with Gasteiger partial charge < -0.3 is 9.73 Å². The van der Waals surface area contributed by atoms with E-state index in [2.05, 4.69) is 15.3 Å². The molecule has 3 rings (SSSR count). The Labute approximate surface area is 117 Å². The molecule has 0 radical (unpaired) electrons. The largest absolute Gasteiger partial charge is 0.417 e. The van der Waals surface area contributed by atoms with Gasteiger partial charge in [-0.25, -0.2) is 9.78 Å². The first-order valence-electron chi connectivity index (χ1n) is 5.68. The second kappa shape index (κ2) is 4.82. The second-order valence-corrected chi connectivity index (χ2v) is 4.38. The number of H-pyrrole nitrogens is 1. The zero-order valence-corrected chi connectivity index (χ0v) is 10.8. The van der Waals surface area contributed by atoms with E-state index in [1.165, 1.54) is 6.20 Å². The van der Waals surface area contributed by atoms with Gasteiger partial charge in [0.2, 0.25) is 0 Å². The number of oxazole rings is 1. The van der Waals surface area contributed by atoms with Gasteiger partial charge in [0, 0.05) is 11.9 Å². The number of carbonyl (C=O) groups excluding carboxylic acids is 1. The lowest BCUT2D eigenvalue weighted by Gasteiger charge is -2.05. The number of amides is 1. The molecule has 2 aromatic heterocycles. The Hall–Kier alpha value is -2.60. The molecule has 0 saturated carbocycles. The minimum atomic E-state index is -0.543. The van der Waals surface area contributed by atoms with Crippen LogP contribution in [0.5, 0.6) is 0 Å². The smallest absolute Gasteiger partial charge is 0.408 e. The van der Waals surface area contributed by atoms with Crippen molar-refractivity contribution in [2.24, 2.45) is 0 Å². The fourth-order valence-corrected chi connectivity index (χ4v) is 1.99. The summed E-state index contributed by atoms with van der Waals surface area (Å²) in [5, 5.41) is 2.80. The van der Waals surface area contributed by atoms with E-state index in [-0.39, 0.29) is 16.6 Å². The van der Waals surface area contributed by atoms with Crippen molar-refractivity contribution in [2.75, 3.05) is 5.32 Å². The molecule has 20 heavy (non-hydrogen) atoms. The summed E-state index contributed by atoms with van der Waals surface area (Å²) in [6.07, 6.45) is 1.50. The van der Waals surface area contributed by atoms with Crippen LogP contribution in [0.4, 0.5) is 5.69 Å². The molecule has 1 aromatic carbocycles. The molecule has 1 amide bonds. The predicted molar refractivity (Wildman–Crippen MR) is 74.0 cm³/mol. The Kier molecular flexibility index (Phi) is 3.00. The van der Waals surface area contributed by atoms with Crippen LogP contribution < -0.4 is 11.1 Å². The number of pyridine rings is 1. The summed E-state index contributed by atoms with van der Waals surface area (Å²) in [6, 6.07) is 8.01. The molecule has 0 bridgehead atoms. The maximum atomic E-state index is 12.0. The SMILES string of the molecule is O=C(Nc1ccc2oc(=O)[nH]c2c1)c1cccnc1Cl. The van der Waals surface area contributed by atoms with Crippen LogP contribution in [0, 0.1) is 0 Å². The quantitative estimate of drug-likeness (QED) is 0.709. The van der Waals surface area contributed by atoms with E-state index < -0.39 is 5.76 Å². The Morgan fingerprint density at radius 1 is 1.35 bits per heavy atom. The number of aromatic amines is 1. The maximum absolute atomic E-state index is 12.0. The van der Waals surface area contributed by atoms with Crippen molar-refractivity contribution in [2.45, 2.75) is 0 Å². The Balaban J connectivity index is 1.91. The highest BCUT2D eigenvalue weighted by Gasteiger charge is 2.11. The first-order chi connectivity index (χ1) is 9.63. The normalized spacial score (nSPS) is 10.7. The number of hydrogen-bond donors (Lipinski definition) is 2. The van der Waals surface area contributed by atoms with Crippen molar-refractivity contribution in [3.8, 4) is 0 Å². The third-order valence-corrected chi connectivity index (χ3v) is 2.98. The van der Waals surface area contributed by atoms with E-state index in [0.717, 1.165) is 0 Å². The van der Waals surface area contributed by atoms with Gasteiger partial charge in [-0.15, -0.1) is 0 Å². The van der Waals surface area contributed by atoms with Gasteiger partial charge in [-0.1, -0.05) is 11.6 Å². The fourth-order valence-electron chi connectivity index (χ4n) is 1.78. The number of aromatic nitrogens is 2. The van der Waals surface area contributed by atoms with Crippen molar-refractivity contribution < 1.29 is 9.21 Å². The third kappa shape index (κ3) is 2.28. The molecule has 6 nitrogen and oxygen atoms in total. The standard InChI is InChI=1S/C13H8ClN3O3/c14-11-8(2-1-5-15-11)12(18)16-7-3-4-10-9(6-7)17-13(19)20-10/h1-6H,(H,16,18)(H,17,19).